The third-order valence-electron chi connectivity index (χ3n) is 6.14. The number of anilines is 1. The second-order valence-corrected chi connectivity index (χ2v) is 10.7. The molecule has 0 aliphatic heterocycles. The first-order valence-corrected chi connectivity index (χ1v) is 13.9. The van der Waals surface area contributed by atoms with E-state index in [0.29, 0.717) is 9.87 Å². The van der Waals surface area contributed by atoms with Crippen molar-refractivity contribution in [2.24, 2.45) is 0 Å². The number of non-ortho nitro benzene ring substituents is 1. The van der Waals surface area contributed by atoms with Crippen molar-refractivity contribution in [3.8, 4) is 5.75 Å². The average Bonchev–Trinajstić information content (AvgIpc) is 2.93. The summed E-state index contributed by atoms with van der Waals surface area (Å²) < 4.78 is 46.4. The third kappa shape index (κ3) is 7.32. The molecule has 13 heteroatoms. The zero-order valence-corrected chi connectivity index (χ0v) is 22.9. The van der Waals surface area contributed by atoms with Crippen molar-refractivity contribution in [1.82, 2.24) is 10.2 Å². The number of hydrogen-bond acceptors (Lipinski definition) is 7. The van der Waals surface area contributed by atoms with Crippen molar-refractivity contribution in [1.29, 1.82) is 0 Å². The first kappa shape index (κ1) is 30.0. The van der Waals surface area contributed by atoms with E-state index in [1.54, 1.807) is 36.4 Å². The number of amides is 2. The van der Waals surface area contributed by atoms with Gasteiger partial charge in [-0.2, -0.15) is 0 Å². The van der Waals surface area contributed by atoms with Gasteiger partial charge in [-0.1, -0.05) is 48.5 Å². The summed E-state index contributed by atoms with van der Waals surface area (Å²) in [5, 5.41) is 13.9. The fourth-order valence-electron chi connectivity index (χ4n) is 4.11. The Morgan fingerprint density at radius 2 is 1.73 bits per heavy atom. The molecular weight excluding hydrogens is 543 g/mol. The van der Waals surface area contributed by atoms with E-state index < -0.39 is 50.9 Å². The van der Waals surface area contributed by atoms with E-state index in [1.807, 2.05) is 0 Å². The maximum absolute atomic E-state index is 14.7. The Kier molecular flexibility index (Phi) is 9.78. The number of hydrogen-bond donors (Lipinski definition) is 1. The van der Waals surface area contributed by atoms with E-state index in [0.717, 1.165) is 23.3 Å². The second-order valence-electron chi connectivity index (χ2n) is 8.82. The van der Waals surface area contributed by atoms with Gasteiger partial charge >= 0.3 is 0 Å². The van der Waals surface area contributed by atoms with Gasteiger partial charge in [0.1, 0.15) is 29.8 Å². The van der Waals surface area contributed by atoms with Crippen molar-refractivity contribution in [3.05, 3.63) is 99.9 Å². The maximum atomic E-state index is 14.7. The normalized spacial score (nSPS) is 11.8. The highest BCUT2D eigenvalue weighted by Gasteiger charge is 2.34. The Morgan fingerprint density at radius 3 is 2.30 bits per heavy atom. The minimum absolute atomic E-state index is 0.0309. The van der Waals surface area contributed by atoms with Crippen LogP contribution in [0.4, 0.5) is 15.8 Å². The van der Waals surface area contributed by atoms with Crippen molar-refractivity contribution >= 4 is 33.2 Å². The van der Waals surface area contributed by atoms with Gasteiger partial charge in [-0.05, 0) is 17.7 Å². The molecule has 0 bridgehead atoms. The van der Waals surface area contributed by atoms with Gasteiger partial charge in [0.15, 0.2) is 0 Å². The Balaban J connectivity index is 2.11. The lowest BCUT2D eigenvalue weighted by atomic mass is 10.0. The summed E-state index contributed by atoms with van der Waals surface area (Å²) >= 11 is 0. The average molecular weight is 573 g/mol. The molecular formula is C27H29FN4O7S. The highest BCUT2D eigenvalue weighted by Crippen LogP contribution is 2.34. The quantitative estimate of drug-likeness (QED) is 0.260. The molecule has 40 heavy (non-hydrogen) atoms. The summed E-state index contributed by atoms with van der Waals surface area (Å²) in [4.78, 5) is 38.8. The zero-order valence-electron chi connectivity index (χ0n) is 22.1. The number of nitro groups is 1. The van der Waals surface area contributed by atoms with Crippen LogP contribution in [0.2, 0.25) is 0 Å². The Hall–Kier alpha value is -4.52. The van der Waals surface area contributed by atoms with Crippen LogP contribution in [-0.2, 0) is 32.6 Å². The SMILES string of the molecule is CNC(=O)[C@H](Cc1ccccc1)N(Cc1ccccc1F)C(=O)CN(c1cc([N+](=O)[O-])ccc1OC)S(C)(=O)=O. The molecule has 0 unspecified atom stereocenters. The number of nitrogens with one attached hydrogen (secondary N) is 1. The number of carbonyl (C=O) groups excluding carboxylic acids is 2. The minimum Gasteiger partial charge on any atom is -0.495 e. The second kappa shape index (κ2) is 13.0. The van der Waals surface area contributed by atoms with E-state index in [-0.39, 0.29) is 30.0 Å². The molecule has 0 saturated carbocycles. The predicted molar refractivity (Wildman–Crippen MR) is 147 cm³/mol. The van der Waals surface area contributed by atoms with Gasteiger partial charge in [-0.25, -0.2) is 12.8 Å². The summed E-state index contributed by atoms with van der Waals surface area (Å²) in [6.07, 6.45) is 0.889. The number of carbonyl (C=O) groups is 2. The van der Waals surface area contributed by atoms with Crippen molar-refractivity contribution in [2.45, 2.75) is 19.0 Å². The molecule has 0 aliphatic carbocycles. The summed E-state index contributed by atoms with van der Waals surface area (Å²) in [6, 6.07) is 16.7. The highest BCUT2D eigenvalue weighted by atomic mass is 32.2. The number of likely N-dealkylation sites (N-methyl/N-ethyl adjacent to an activating group) is 1. The van der Waals surface area contributed by atoms with Gasteiger partial charge in [-0.15, -0.1) is 0 Å². The molecule has 0 spiro atoms. The summed E-state index contributed by atoms with van der Waals surface area (Å²) in [5.41, 5.74) is 0.157. The number of sulfonamides is 1. The van der Waals surface area contributed by atoms with Crippen LogP contribution in [0.1, 0.15) is 11.1 Å². The minimum atomic E-state index is -4.20. The van der Waals surface area contributed by atoms with Crippen LogP contribution in [0.15, 0.2) is 72.8 Å². The smallest absolute Gasteiger partial charge is 0.271 e. The molecule has 0 aliphatic rings. The molecule has 2 amide bonds. The summed E-state index contributed by atoms with van der Waals surface area (Å²) in [5.74, 6) is -2.04. The van der Waals surface area contributed by atoms with Crippen molar-refractivity contribution < 1.29 is 32.1 Å². The molecule has 3 aromatic carbocycles. The van der Waals surface area contributed by atoms with Crippen LogP contribution in [0.3, 0.4) is 0 Å². The molecule has 0 saturated heterocycles. The van der Waals surface area contributed by atoms with Crippen LogP contribution in [0.25, 0.3) is 0 Å². The van der Waals surface area contributed by atoms with Gasteiger partial charge in [-0.3, -0.25) is 24.0 Å². The van der Waals surface area contributed by atoms with Gasteiger partial charge in [0.05, 0.1) is 18.3 Å². The largest absolute Gasteiger partial charge is 0.495 e. The Morgan fingerprint density at radius 1 is 1.07 bits per heavy atom. The fourth-order valence-corrected chi connectivity index (χ4v) is 4.96. The summed E-state index contributed by atoms with van der Waals surface area (Å²) in [6.45, 7) is -1.19. The maximum Gasteiger partial charge on any atom is 0.271 e. The lowest BCUT2D eigenvalue weighted by Crippen LogP contribution is -2.53. The van der Waals surface area contributed by atoms with E-state index in [1.165, 1.54) is 38.4 Å². The van der Waals surface area contributed by atoms with Crippen LogP contribution in [-0.4, -0.2) is 63.1 Å². The van der Waals surface area contributed by atoms with E-state index in [4.69, 9.17) is 4.74 Å². The molecule has 1 N–H and O–H groups in total. The number of methoxy groups -OCH3 is 1. The molecule has 0 aromatic heterocycles. The van der Waals surface area contributed by atoms with Crippen LogP contribution in [0, 0.1) is 15.9 Å². The number of nitro benzene ring substituents is 1. The monoisotopic (exact) mass is 572 g/mol. The topological polar surface area (TPSA) is 139 Å². The Bertz CT molecular complexity index is 1490. The number of ether oxygens (including phenoxy) is 1. The number of benzene rings is 3. The lowest BCUT2D eigenvalue weighted by molar-refractivity contribution is -0.384. The predicted octanol–water partition coefficient (Wildman–Crippen LogP) is 2.89. The molecule has 0 radical (unpaired) electrons. The van der Waals surface area contributed by atoms with Gasteiger partial charge in [0.2, 0.25) is 21.8 Å². The molecule has 0 heterocycles. The van der Waals surface area contributed by atoms with Crippen LogP contribution in [0.5, 0.6) is 5.75 Å². The van der Waals surface area contributed by atoms with Gasteiger partial charge < -0.3 is 15.0 Å². The van der Waals surface area contributed by atoms with E-state index in [2.05, 4.69) is 5.32 Å². The number of nitrogens with zero attached hydrogens (tertiary/aromatic N) is 3. The molecule has 11 nitrogen and oxygen atoms in total. The van der Waals surface area contributed by atoms with Gasteiger partial charge in [0, 0.05) is 37.7 Å². The van der Waals surface area contributed by atoms with E-state index in [9.17, 15) is 32.5 Å². The zero-order chi connectivity index (χ0) is 29.4. The molecule has 0 fully saturated rings. The van der Waals surface area contributed by atoms with Crippen LogP contribution >= 0.6 is 0 Å². The van der Waals surface area contributed by atoms with Gasteiger partial charge in [0.25, 0.3) is 5.69 Å². The number of halogens is 1. The highest BCUT2D eigenvalue weighted by molar-refractivity contribution is 7.92. The lowest BCUT2D eigenvalue weighted by Gasteiger charge is -2.33. The fraction of sp³-hybridized carbons (Fsp3) is 0.259. The first-order valence-electron chi connectivity index (χ1n) is 12.0. The number of rotatable bonds is 12. The van der Waals surface area contributed by atoms with Crippen molar-refractivity contribution in [2.75, 3.05) is 31.3 Å². The Labute approximate surface area is 231 Å². The standard InChI is InChI=1S/C27H29FN4O7S/c1-29-27(34)24(15-19-9-5-4-6-10-19)30(17-20-11-7-8-12-22(20)28)26(33)18-31(40(3,37)38)23-16-21(32(35)36)13-14-25(23)39-2/h4-14,16,24H,15,17-18H2,1-3H3,(H,29,34)/t24-/m0/s1. The molecule has 212 valence electrons. The van der Waals surface area contributed by atoms with Crippen molar-refractivity contribution in [3.63, 3.8) is 0 Å². The third-order valence-corrected chi connectivity index (χ3v) is 7.26. The van der Waals surface area contributed by atoms with E-state index >= 15 is 0 Å². The van der Waals surface area contributed by atoms with Crippen LogP contribution < -0.4 is 14.4 Å². The molecule has 3 rings (SSSR count). The summed E-state index contributed by atoms with van der Waals surface area (Å²) in [7, 11) is -1.56. The molecule has 1 atom stereocenters. The first-order chi connectivity index (χ1) is 19.0. The molecule has 3 aromatic rings.